The number of fused-ring (bicyclic) bond motifs is 1. The molecule has 25 heavy (non-hydrogen) atoms. The van der Waals surface area contributed by atoms with Gasteiger partial charge in [-0.1, -0.05) is 41.6 Å². The standard InChI is InChI=1S/C20H23N3O2/c24-13-3-10-23-11-8-16(9-12-23)20-21-19(22-25-20)18-7-6-15-4-1-2-5-17(15)14-18/h1-2,4-7,14,16,24H,3,8-13H2. The van der Waals surface area contributed by atoms with Crippen LogP contribution in [0.3, 0.4) is 0 Å². The number of aromatic nitrogens is 2. The van der Waals surface area contributed by atoms with Crippen LogP contribution in [0.4, 0.5) is 0 Å². The number of hydrogen-bond donors (Lipinski definition) is 1. The van der Waals surface area contributed by atoms with Crippen molar-refractivity contribution < 1.29 is 9.63 Å². The van der Waals surface area contributed by atoms with Crippen molar-refractivity contribution in [3.05, 3.63) is 48.4 Å². The van der Waals surface area contributed by atoms with E-state index in [4.69, 9.17) is 9.63 Å². The second-order valence-electron chi connectivity index (χ2n) is 6.71. The maximum absolute atomic E-state index is 8.94. The molecule has 0 atom stereocenters. The molecule has 0 amide bonds. The van der Waals surface area contributed by atoms with E-state index >= 15 is 0 Å². The summed E-state index contributed by atoms with van der Waals surface area (Å²) < 4.78 is 5.57. The van der Waals surface area contributed by atoms with Crippen LogP contribution in [0.5, 0.6) is 0 Å². The minimum absolute atomic E-state index is 0.263. The van der Waals surface area contributed by atoms with Crippen molar-refractivity contribution in [3.8, 4) is 11.4 Å². The summed E-state index contributed by atoms with van der Waals surface area (Å²) in [5.74, 6) is 1.76. The number of aliphatic hydroxyl groups is 1. The second kappa shape index (κ2) is 7.33. The predicted octanol–water partition coefficient (Wildman–Crippen LogP) is 3.45. The molecule has 0 unspecified atom stereocenters. The Labute approximate surface area is 147 Å². The van der Waals surface area contributed by atoms with Crippen LogP contribution < -0.4 is 0 Å². The Morgan fingerprint density at radius 2 is 1.88 bits per heavy atom. The molecule has 5 heteroatoms. The summed E-state index contributed by atoms with van der Waals surface area (Å²) in [5.41, 5.74) is 0.995. The zero-order valence-corrected chi connectivity index (χ0v) is 14.3. The van der Waals surface area contributed by atoms with Gasteiger partial charge < -0.3 is 14.5 Å². The Kier molecular flexibility index (Phi) is 4.76. The van der Waals surface area contributed by atoms with E-state index in [0.717, 1.165) is 50.4 Å². The topological polar surface area (TPSA) is 62.4 Å². The van der Waals surface area contributed by atoms with Gasteiger partial charge in [0.25, 0.3) is 0 Å². The van der Waals surface area contributed by atoms with Gasteiger partial charge in [-0.2, -0.15) is 4.98 Å². The lowest BCUT2D eigenvalue weighted by atomic mass is 9.96. The fraction of sp³-hybridized carbons (Fsp3) is 0.400. The lowest BCUT2D eigenvalue weighted by Crippen LogP contribution is -2.34. The number of hydrogen-bond acceptors (Lipinski definition) is 5. The van der Waals surface area contributed by atoms with Crippen LogP contribution in [0.25, 0.3) is 22.2 Å². The number of rotatable bonds is 5. The molecule has 4 rings (SSSR count). The van der Waals surface area contributed by atoms with Crippen LogP contribution in [0, 0.1) is 0 Å². The third-order valence-corrected chi connectivity index (χ3v) is 5.02. The SMILES string of the molecule is OCCCN1CCC(c2nc(-c3ccc4ccccc4c3)no2)CC1. The Morgan fingerprint density at radius 1 is 1.08 bits per heavy atom. The lowest BCUT2D eigenvalue weighted by molar-refractivity contribution is 0.176. The van der Waals surface area contributed by atoms with E-state index in [0.29, 0.717) is 11.7 Å². The van der Waals surface area contributed by atoms with Crippen LogP contribution in [0.1, 0.15) is 31.1 Å². The number of benzene rings is 2. The predicted molar refractivity (Wildman–Crippen MR) is 97.4 cm³/mol. The molecule has 3 aromatic rings. The van der Waals surface area contributed by atoms with Crippen LogP contribution in [-0.2, 0) is 0 Å². The van der Waals surface area contributed by atoms with Gasteiger partial charge in [-0.25, -0.2) is 0 Å². The first-order valence-electron chi connectivity index (χ1n) is 8.99. The molecule has 1 aliphatic rings. The molecular weight excluding hydrogens is 314 g/mol. The zero-order valence-electron chi connectivity index (χ0n) is 14.3. The Bertz CT molecular complexity index is 838. The number of aliphatic hydroxyl groups excluding tert-OH is 1. The Balaban J connectivity index is 1.46. The molecule has 1 fully saturated rings. The van der Waals surface area contributed by atoms with Crippen LogP contribution in [0.2, 0.25) is 0 Å². The minimum Gasteiger partial charge on any atom is -0.396 e. The highest BCUT2D eigenvalue weighted by Crippen LogP contribution is 2.29. The minimum atomic E-state index is 0.263. The molecule has 0 saturated carbocycles. The maximum Gasteiger partial charge on any atom is 0.230 e. The third-order valence-electron chi connectivity index (χ3n) is 5.02. The summed E-state index contributed by atoms with van der Waals surface area (Å²) in [4.78, 5) is 7.06. The van der Waals surface area contributed by atoms with Gasteiger partial charge in [0.1, 0.15) is 0 Å². The molecule has 2 heterocycles. The average molecular weight is 337 g/mol. The fourth-order valence-electron chi connectivity index (χ4n) is 3.54. The van der Waals surface area contributed by atoms with Gasteiger partial charge in [0, 0.05) is 24.6 Å². The average Bonchev–Trinajstić information content (AvgIpc) is 3.16. The largest absolute Gasteiger partial charge is 0.396 e. The quantitative estimate of drug-likeness (QED) is 0.772. The molecular formula is C20H23N3O2. The van der Waals surface area contributed by atoms with Gasteiger partial charge in [-0.3, -0.25) is 0 Å². The van der Waals surface area contributed by atoms with Gasteiger partial charge in [0.2, 0.25) is 11.7 Å². The lowest BCUT2D eigenvalue weighted by Gasteiger charge is -2.29. The van der Waals surface area contributed by atoms with Crippen molar-refractivity contribution >= 4 is 10.8 Å². The van der Waals surface area contributed by atoms with E-state index < -0.39 is 0 Å². The molecule has 1 aliphatic heterocycles. The highest BCUT2D eigenvalue weighted by molar-refractivity contribution is 5.86. The summed E-state index contributed by atoms with van der Waals surface area (Å²) in [6, 6.07) is 14.5. The Hall–Kier alpha value is -2.24. The van der Waals surface area contributed by atoms with Crippen molar-refractivity contribution in [2.75, 3.05) is 26.2 Å². The van der Waals surface area contributed by atoms with Crippen molar-refractivity contribution in [2.45, 2.75) is 25.2 Å². The molecule has 0 radical (unpaired) electrons. The zero-order chi connectivity index (χ0) is 17.1. The van der Waals surface area contributed by atoms with Crippen molar-refractivity contribution in [3.63, 3.8) is 0 Å². The van der Waals surface area contributed by atoms with E-state index in [9.17, 15) is 0 Å². The molecule has 2 aromatic carbocycles. The summed E-state index contributed by atoms with van der Waals surface area (Å²) in [6.45, 7) is 3.28. The summed E-state index contributed by atoms with van der Waals surface area (Å²) >= 11 is 0. The number of nitrogens with zero attached hydrogens (tertiary/aromatic N) is 3. The molecule has 0 bridgehead atoms. The number of piperidine rings is 1. The van der Waals surface area contributed by atoms with Crippen molar-refractivity contribution in [1.29, 1.82) is 0 Å². The fourth-order valence-corrected chi connectivity index (χ4v) is 3.54. The van der Waals surface area contributed by atoms with Crippen LogP contribution in [-0.4, -0.2) is 46.4 Å². The maximum atomic E-state index is 8.94. The van der Waals surface area contributed by atoms with Gasteiger partial charge in [0.05, 0.1) is 0 Å². The first-order chi connectivity index (χ1) is 12.3. The highest BCUT2D eigenvalue weighted by Gasteiger charge is 2.25. The van der Waals surface area contributed by atoms with Crippen molar-refractivity contribution in [2.24, 2.45) is 0 Å². The molecule has 1 aromatic heterocycles. The molecule has 1 saturated heterocycles. The number of likely N-dealkylation sites (tertiary alicyclic amines) is 1. The van der Waals surface area contributed by atoms with Gasteiger partial charge in [-0.15, -0.1) is 0 Å². The molecule has 1 N–H and O–H groups in total. The summed E-state index contributed by atoms with van der Waals surface area (Å²) in [7, 11) is 0. The highest BCUT2D eigenvalue weighted by atomic mass is 16.5. The van der Waals surface area contributed by atoms with E-state index in [1.54, 1.807) is 0 Å². The normalized spacial score (nSPS) is 16.5. The summed E-state index contributed by atoms with van der Waals surface area (Å²) in [5, 5.41) is 15.5. The molecule has 0 aliphatic carbocycles. The first kappa shape index (κ1) is 16.2. The first-order valence-corrected chi connectivity index (χ1v) is 8.99. The van der Waals surface area contributed by atoms with E-state index in [2.05, 4.69) is 45.4 Å². The van der Waals surface area contributed by atoms with Crippen molar-refractivity contribution in [1.82, 2.24) is 15.0 Å². The molecule has 5 nitrogen and oxygen atoms in total. The second-order valence-corrected chi connectivity index (χ2v) is 6.71. The van der Waals surface area contributed by atoms with Gasteiger partial charge in [-0.05, 0) is 49.2 Å². The van der Waals surface area contributed by atoms with Gasteiger partial charge >= 0.3 is 0 Å². The molecule has 0 spiro atoms. The summed E-state index contributed by atoms with van der Waals surface area (Å²) in [6.07, 6.45) is 2.91. The Morgan fingerprint density at radius 3 is 2.68 bits per heavy atom. The van der Waals surface area contributed by atoms with E-state index in [1.807, 2.05) is 12.1 Å². The third kappa shape index (κ3) is 3.57. The van der Waals surface area contributed by atoms with Crippen LogP contribution >= 0.6 is 0 Å². The monoisotopic (exact) mass is 337 g/mol. The van der Waals surface area contributed by atoms with Crippen LogP contribution in [0.15, 0.2) is 47.0 Å². The van der Waals surface area contributed by atoms with E-state index in [-0.39, 0.29) is 6.61 Å². The smallest absolute Gasteiger partial charge is 0.230 e. The van der Waals surface area contributed by atoms with E-state index in [1.165, 1.54) is 10.8 Å². The van der Waals surface area contributed by atoms with Gasteiger partial charge in [0.15, 0.2) is 0 Å². The molecule has 130 valence electrons.